The van der Waals surface area contributed by atoms with Crippen molar-refractivity contribution in [2.24, 2.45) is 0 Å². The zero-order valence-electron chi connectivity index (χ0n) is 13.7. The van der Waals surface area contributed by atoms with E-state index in [4.69, 9.17) is 16.3 Å². The maximum atomic E-state index is 12.4. The van der Waals surface area contributed by atoms with Crippen molar-refractivity contribution in [1.82, 2.24) is 4.90 Å². The lowest BCUT2D eigenvalue weighted by Gasteiger charge is -2.27. The average molecular weight is 336 g/mol. The topological polar surface area (TPSA) is 46.6 Å². The molecule has 1 amide bonds. The van der Waals surface area contributed by atoms with Gasteiger partial charge in [-0.15, -0.1) is 0 Å². The Morgan fingerprint density at radius 1 is 1.26 bits per heavy atom. The number of likely N-dealkylation sites (tertiary alicyclic amines) is 1. The highest BCUT2D eigenvalue weighted by molar-refractivity contribution is 6.30. The number of ketones is 1. The van der Waals surface area contributed by atoms with Crippen molar-refractivity contribution >= 4 is 29.6 Å². The van der Waals surface area contributed by atoms with Crippen LogP contribution in [0.3, 0.4) is 0 Å². The van der Waals surface area contributed by atoms with Gasteiger partial charge in [-0.2, -0.15) is 0 Å². The summed E-state index contributed by atoms with van der Waals surface area (Å²) in [6.07, 6.45) is 4.32. The van der Waals surface area contributed by atoms with Crippen LogP contribution in [0.25, 0.3) is 6.08 Å². The van der Waals surface area contributed by atoms with E-state index in [9.17, 15) is 9.59 Å². The van der Waals surface area contributed by atoms with Crippen molar-refractivity contribution in [3.8, 4) is 0 Å². The molecule has 0 N–H and O–H groups in total. The van der Waals surface area contributed by atoms with E-state index in [1.54, 1.807) is 18.2 Å². The zero-order chi connectivity index (χ0) is 17.0. The van der Waals surface area contributed by atoms with Crippen molar-refractivity contribution in [2.45, 2.75) is 45.3 Å². The van der Waals surface area contributed by atoms with Crippen molar-refractivity contribution < 1.29 is 14.3 Å². The summed E-state index contributed by atoms with van der Waals surface area (Å²) in [6.45, 7) is 6.01. The predicted octanol–water partition coefficient (Wildman–Crippen LogP) is 4.32. The van der Waals surface area contributed by atoms with Crippen LogP contribution < -0.4 is 0 Å². The minimum Gasteiger partial charge on any atom is -0.444 e. The molecule has 0 aliphatic carbocycles. The fraction of sp³-hybridized carbons (Fsp3) is 0.444. The highest BCUT2D eigenvalue weighted by Crippen LogP contribution is 2.22. The molecule has 1 fully saturated rings. The van der Waals surface area contributed by atoms with Gasteiger partial charge in [-0.3, -0.25) is 9.69 Å². The number of nitrogens with zero attached hydrogens (tertiary/aromatic N) is 1. The van der Waals surface area contributed by atoms with Crippen LogP contribution in [0.2, 0.25) is 5.02 Å². The maximum Gasteiger partial charge on any atom is 0.410 e. The van der Waals surface area contributed by atoms with Gasteiger partial charge in [0.15, 0.2) is 5.78 Å². The second-order valence-electron chi connectivity index (χ2n) is 6.62. The Morgan fingerprint density at radius 2 is 1.91 bits per heavy atom. The molecule has 0 saturated carbocycles. The van der Waals surface area contributed by atoms with Crippen LogP contribution in [0, 0.1) is 0 Å². The second kappa shape index (κ2) is 7.18. The quantitative estimate of drug-likeness (QED) is 0.773. The minimum absolute atomic E-state index is 0.0803. The van der Waals surface area contributed by atoms with Gasteiger partial charge in [-0.1, -0.05) is 29.8 Å². The lowest BCUT2D eigenvalue weighted by atomic mass is 10.1. The number of amides is 1. The van der Waals surface area contributed by atoms with E-state index in [1.165, 1.54) is 11.0 Å². The fourth-order valence-corrected chi connectivity index (χ4v) is 2.59. The van der Waals surface area contributed by atoms with Gasteiger partial charge in [0.1, 0.15) is 5.60 Å². The highest BCUT2D eigenvalue weighted by Gasteiger charge is 2.35. The molecule has 1 saturated heterocycles. The molecular weight excluding hydrogens is 314 g/mol. The number of rotatable bonds is 3. The molecule has 23 heavy (non-hydrogen) atoms. The van der Waals surface area contributed by atoms with Gasteiger partial charge in [0, 0.05) is 11.6 Å². The predicted molar refractivity (Wildman–Crippen MR) is 91.5 cm³/mol. The van der Waals surface area contributed by atoms with Gasteiger partial charge in [-0.25, -0.2) is 4.79 Å². The van der Waals surface area contributed by atoms with Crippen LogP contribution in [0.5, 0.6) is 0 Å². The van der Waals surface area contributed by atoms with Crippen LogP contribution in [-0.4, -0.2) is 35.0 Å². The first kappa shape index (κ1) is 17.5. The van der Waals surface area contributed by atoms with Crippen molar-refractivity contribution in [3.63, 3.8) is 0 Å². The molecule has 1 heterocycles. The molecule has 1 aliphatic heterocycles. The summed E-state index contributed by atoms with van der Waals surface area (Å²) in [7, 11) is 0. The summed E-state index contributed by atoms with van der Waals surface area (Å²) in [5, 5.41) is 0.653. The molecule has 124 valence electrons. The number of carbonyl (C=O) groups excluding carboxylic acids is 2. The third-order valence-electron chi connectivity index (χ3n) is 3.52. The number of hydrogen-bond donors (Lipinski definition) is 0. The van der Waals surface area contributed by atoms with Crippen molar-refractivity contribution in [3.05, 3.63) is 40.9 Å². The zero-order valence-corrected chi connectivity index (χ0v) is 14.5. The van der Waals surface area contributed by atoms with Crippen molar-refractivity contribution in [2.75, 3.05) is 6.54 Å². The van der Waals surface area contributed by atoms with E-state index in [1.807, 2.05) is 32.9 Å². The standard InChI is InChI=1S/C18H22ClNO3/c1-18(2,3)23-17(22)20-12-4-5-15(20)16(21)11-8-13-6-9-14(19)10-7-13/h6-11,15H,4-5,12H2,1-3H3. The second-order valence-corrected chi connectivity index (χ2v) is 7.06. The molecule has 5 heteroatoms. The molecule has 0 radical (unpaired) electrons. The Balaban J connectivity index is 2.02. The van der Waals surface area contributed by atoms with E-state index in [-0.39, 0.29) is 5.78 Å². The molecule has 1 aromatic rings. The molecule has 4 nitrogen and oxygen atoms in total. The molecule has 0 spiro atoms. The van der Waals surface area contributed by atoms with Crippen LogP contribution in [-0.2, 0) is 9.53 Å². The number of hydrogen-bond acceptors (Lipinski definition) is 3. The first-order valence-electron chi connectivity index (χ1n) is 7.73. The van der Waals surface area contributed by atoms with Crippen LogP contribution in [0.15, 0.2) is 30.3 Å². The number of carbonyl (C=O) groups is 2. The van der Waals surface area contributed by atoms with Crippen LogP contribution in [0.4, 0.5) is 4.79 Å². The average Bonchev–Trinajstić information content (AvgIpc) is 2.94. The van der Waals surface area contributed by atoms with Gasteiger partial charge in [-0.05, 0) is 57.4 Å². The summed E-state index contributed by atoms with van der Waals surface area (Å²) >= 11 is 5.84. The number of ether oxygens (including phenoxy) is 1. The molecule has 0 bridgehead atoms. The summed E-state index contributed by atoms with van der Waals surface area (Å²) in [6, 6.07) is 6.79. The van der Waals surface area contributed by atoms with E-state index in [2.05, 4.69) is 0 Å². The monoisotopic (exact) mass is 335 g/mol. The summed E-state index contributed by atoms with van der Waals surface area (Å²) in [4.78, 5) is 26.1. The first-order chi connectivity index (χ1) is 10.8. The van der Waals surface area contributed by atoms with Crippen LogP contribution >= 0.6 is 11.6 Å². The number of halogens is 1. The summed E-state index contributed by atoms with van der Waals surface area (Å²) in [5.41, 5.74) is 0.330. The third kappa shape index (κ3) is 5.10. The third-order valence-corrected chi connectivity index (χ3v) is 3.77. The van der Waals surface area contributed by atoms with Gasteiger partial charge < -0.3 is 4.74 Å². The van der Waals surface area contributed by atoms with Crippen LogP contribution in [0.1, 0.15) is 39.2 Å². The SMILES string of the molecule is CC(C)(C)OC(=O)N1CCCC1C(=O)C=Cc1ccc(Cl)cc1. The lowest BCUT2D eigenvalue weighted by molar-refractivity contribution is -0.118. The van der Waals surface area contributed by atoms with Gasteiger partial charge in [0.2, 0.25) is 0 Å². The molecule has 1 unspecified atom stereocenters. The molecule has 1 atom stereocenters. The molecule has 0 aromatic heterocycles. The molecule has 2 rings (SSSR count). The van der Waals surface area contributed by atoms with E-state index >= 15 is 0 Å². The van der Waals surface area contributed by atoms with E-state index < -0.39 is 17.7 Å². The largest absolute Gasteiger partial charge is 0.444 e. The maximum absolute atomic E-state index is 12.4. The highest BCUT2D eigenvalue weighted by atomic mass is 35.5. The lowest BCUT2D eigenvalue weighted by Crippen LogP contribution is -2.42. The Morgan fingerprint density at radius 3 is 2.52 bits per heavy atom. The Hall–Kier alpha value is -1.81. The minimum atomic E-state index is -0.563. The fourth-order valence-electron chi connectivity index (χ4n) is 2.46. The summed E-state index contributed by atoms with van der Waals surface area (Å²) < 4.78 is 5.37. The van der Waals surface area contributed by atoms with Crippen molar-refractivity contribution in [1.29, 1.82) is 0 Å². The molecule has 1 aliphatic rings. The van der Waals surface area contributed by atoms with Gasteiger partial charge in [0.25, 0.3) is 0 Å². The Bertz CT molecular complexity index is 602. The Labute approximate surface area is 142 Å². The van der Waals surface area contributed by atoms with E-state index in [0.717, 1.165) is 12.0 Å². The normalized spacial score (nSPS) is 18.4. The smallest absolute Gasteiger partial charge is 0.410 e. The molecular formula is C18H22ClNO3. The molecule has 1 aromatic carbocycles. The first-order valence-corrected chi connectivity index (χ1v) is 8.11. The van der Waals surface area contributed by atoms with E-state index in [0.29, 0.717) is 18.0 Å². The summed E-state index contributed by atoms with van der Waals surface area (Å²) in [5.74, 6) is -0.0803. The Kier molecular flexibility index (Phi) is 5.47. The number of benzene rings is 1. The van der Waals surface area contributed by atoms with Gasteiger partial charge in [0.05, 0.1) is 6.04 Å². The van der Waals surface area contributed by atoms with Gasteiger partial charge >= 0.3 is 6.09 Å².